The third-order valence-electron chi connectivity index (χ3n) is 0.792. The zero-order valence-electron chi connectivity index (χ0n) is 4.87. The van der Waals surface area contributed by atoms with Crippen LogP contribution in [0.4, 0.5) is 0 Å². The van der Waals surface area contributed by atoms with Crippen LogP contribution < -0.4 is 5.73 Å². The fraction of sp³-hybridized carbons (Fsp3) is 0.250. The van der Waals surface area contributed by atoms with E-state index in [4.69, 9.17) is 17.3 Å². The third kappa shape index (κ3) is 1.43. The van der Waals surface area contributed by atoms with Crippen molar-refractivity contribution in [3.8, 4) is 0 Å². The molecule has 0 bridgehead atoms. The Morgan fingerprint density at radius 1 is 1.70 bits per heavy atom. The molecule has 0 saturated carbocycles. The van der Waals surface area contributed by atoms with E-state index in [1.165, 1.54) is 0 Å². The van der Waals surface area contributed by atoms with E-state index in [9.17, 15) is 4.79 Å². The first-order valence-corrected chi connectivity index (χ1v) is 3.77. The van der Waals surface area contributed by atoms with Gasteiger partial charge in [0.25, 0.3) is 5.91 Å². The van der Waals surface area contributed by atoms with Gasteiger partial charge in [-0.05, 0) is 0 Å². The van der Waals surface area contributed by atoms with Crippen LogP contribution in [-0.4, -0.2) is 16.1 Å². The number of amides is 1. The molecule has 0 fully saturated rings. The van der Waals surface area contributed by atoms with Crippen molar-refractivity contribution in [3.05, 3.63) is 10.0 Å². The number of primary amides is 1. The lowest BCUT2D eigenvalue weighted by Crippen LogP contribution is -2.10. The van der Waals surface area contributed by atoms with Crippen LogP contribution in [0.3, 0.4) is 0 Å². The predicted molar refractivity (Wildman–Crippen MR) is 38.0 cm³/mol. The Balaban J connectivity index is 2.88. The fourth-order valence-corrected chi connectivity index (χ4v) is 1.17. The van der Waals surface area contributed by atoms with Gasteiger partial charge in [-0.15, -0.1) is 21.8 Å². The Morgan fingerprint density at radius 3 is 2.70 bits per heavy atom. The average Bonchev–Trinajstić information content (AvgIpc) is 2.34. The summed E-state index contributed by atoms with van der Waals surface area (Å²) in [6, 6.07) is 0. The van der Waals surface area contributed by atoms with E-state index in [0.717, 1.165) is 11.3 Å². The van der Waals surface area contributed by atoms with Crippen LogP contribution in [0.5, 0.6) is 0 Å². The van der Waals surface area contributed by atoms with Gasteiger partial charge >= 0.3 is 0 Å². The van der Waals surface area contributed by atoms with E-state index in [0.29, 0.717) is 5.01 Å². The van der Waals surface area contributed by atoms with Crippen molar-refractivity contribution in [1.29, 1.82) is 0 Å². The highest BCUT2D eigenvalue weighted by Gasteiger charge is 2.06. The molecule has 4 nitrogen and oxygen atoms in total. The number of hydrogen-bond donors (Lipinski definition) is 1. The Bertz CT molecular complexity index is 248. The first-order chi connectivity index (χ1) is 4.74. The number of carbonyl (C=O) groups excluding carboxylic acids is 1. The maximum atomic E-state index is 10.4. The van der Waals surface area contributed by atoms with Crippen molar-refractivity contribution >= 4 is 28.8 Å². The van der Waals surface area contributed by atoms with E-state index in [-0.39, 0.29) is 10.9 Å². The van der Waals surface area contributed by atoms with Crippen LogP contribution in [0.25, 0.3) is 0 Å². The summed E-state index contributed by atoms with van der Waals surface area (Å²) in [7, 11) is 0. The predicted octanol–water partition coefficient (Wildman–Crippen LogP) is 0.376. The van der Waals surface area contributed by atoms with E-state index in [1.54, 1.807) is 0 Å². The molecule has 0 radical (unpaired) electrons. The molecule has 0 unspecified atom stereocenters. The minimum atomic E-state index is -0.561. The Hall–Kier alpha value is -0.680. The molecule has 0 spiro atoms. The lowest BCUT2D eigenvalue weighted by Gasteiger charge is -1.78. The lowest BCUT2D eigenvalue weighted by atomic mass is 10.7. The topological polar surface area (TPSA) is 68.9 Å². The molecule has 0 atom stereocenters. The summed E-state index contributed by atoms with van der Waals surface area (Å²) in [4.78, 5) is 10.4. The van der Waals surface area contributed by atoms with Crippen molar-refractivity contribution in [2.75, 3.05) is 0 Å². The largest absolute Gasteiger partial charge is 0.363 e. The summed E-state index contributed by atoms with van der Waals surface area (Å²) in [5, 5.41) is 7.90. The normalized spacial score (nSPS) is 9.70. The minimum absolute atomic E-state index is 0.204. The monoisotopic (exact) mass is 177 g/mol. The van der Waals surface area contributed by atoms with Crippen molar-refractivity contribution in [2.24, 2.45) is 5.73 Å². The molecule has 10 heavy (non-hydrogen) atoms. The molecule has 0 saturated heterocycles. The van der Waals surface area contributed by atoms with Gasteiger partial charge in [0.15, 0.2) is 0 Å². The SMILES string of the molecule is NC(=O)c1nnc(CCl)s1. The van der Waals surface area contributed by atoms with Gasteiger partial charge in [-0.2, -0.15) is 0 Å². The molecular weight excluding hydrogens is 174 g/mol. The summed E-state index contributed by atoms with van der Waals surface area (Å²) < 4.78 is 0. The fourth-order valence-electron chi connectivity index (χ4n) is 0.407. The summed E-state index contributed by atoms with van der Waals surface area (Å²) >= 11 is 6.51. The van der Waals surface area contributed by atoms with Crippen LogP contribution in [0.1, 0.15) is 14.8 Å². The molecule has 1 aromatic rings. The Labute approximate surface area is 66.0 Å². The minimum Gasteiger partial charge on any atom is -0.363 e. The van der Waals surface area contributed by atoms with E-state index in [2.05, 4.69) is 10.2 Å². The zero-order chi connectivity index (χ0) is 7.56. The molecule has 1 heterocycles. The Morgan fingerprint density at radius 2 is 2.40 bits per heavy atom. The number of alkyl halides is 1. The number of carbonyl (C=O) groups is 1. The molecular formula is C4H4ClN3OS. The van der Waals surface area contributed by atoms with Crippen LogP contribution in [-0.2, 0) is 5.88 Å². The maximum Gasteiger partial charge on any atom is 0.279 e. The molecule has 0 aromatic carbocycles. The second-order valence-corrected chi connectivity index (χ2v) is 2.83. The second-order valence-electron chi connectivity index (χ2n) is 1.50. The highest BCUT2D eigenvalue weighted by Crippen LogP contribution is 2.10. The van der Waals surface area contributed by atoms with Gasteiger partial charge in [0, 0.05) is 0 Å². The average molecular weight is 178 g/mol. The highest BCUT2D eigenvalue weighted by molar-refractivity contribution is 7.13. The number of halogens is 1. The molecule has 54 valence electrons. The van der Waals surface area contributed by atoms with Gasteiger partial charge in [0.1, 0.15) is 5.01 Å². The number of nitrogens with zero attached hydrogens (tertiary/aromatic N) is 2. The molecule has 1 rings (SSSR count). The van der Waals surface area contributed by atoms with E-state index >= 15 is 0 Å². The van der Waals surface area contributed by atoms with Crippen molar-refractivity contribution in [2.45, 2.75) is 5.88 Å². The molecule has 0 aliphatic heterocycles. The van der Waals surface area contributed by atoms with Gasteiger partial charge in [0.05, 0.1) is 5.88 Å². The lowest BCUT2D eigenvalue weighted by molar-refractivity contribution is 0.0999. The van der Waals surface area contributed by atoms with Crippen LogP contribution in [0, 0.1) is 0 Å². The van der Waals surface area contributed by atoms with Crippen molar-refractivity contribution in [1.82, 2.24) is 10.2 Å². The van der Waals surface area contributed by atoms with Gasteiger partial charge in [-0.1, -0.05) is 11.3 Å². The maximum absolute atomic E-state index is 10.4. The molecule has 0 aliphatic carbocycles. The number of aromatic nitrogens is 2. The van der Waals surface area contributed by atoms with Crippen molar-refractivity contribution in [3.63, 3.8) is 0 Å². The summed E-state index contributed by atoms with van der Waals surface area (Å²) in [5.41, 5.74) is 4.91. The second kappa shape index (κ2) is 2.94. The molecule has 0 aliphatic rings. The zero-order valence-corrected chi connectivity index (χ0v) is 6.45. The van der Waals surface area contributed by atoms with Crippen molar-refractivity contribution < 1.29 is 4.79 Å². The van der Waals surface area contributed by atoms with Gasteiger partial charge in [0.2, 0.25) is 5.01 Å². The number of hydrogen-bond acceptors (Lipinski definition) is 4. The van der Waals surface area contributed by atoms with E-state index in [1.807, 2.05) is 0 Å². The summed E-state index contributed by atoms with van der Waals surface area (Å²) in [5.74, 6) is -0.292. The molecule has 2 N–H and O–H groups in total. The first kappa shape index (κ1) is 7.43. The van der Waals surface area contributed by atoms with Crippen LogP contribution >= 0.6 is 22.9 Å². The molecule has 1 aromatic heterocycles. The quantitative estimate of drug-likeness (QED) is 0.664. The van der Waals surface area contributed by atoms with Crippen LogP contribution in [0.2, 0.25) is 0 Å². The van der Waals surface area contributed by atoms with Gasteiger partial charge in [-0.3, -0.25) is 4.79 Å². The van der Waals surface area contributed by atoms with E-state index < -0.39 is 5.91 Å². The molecule has 1 amide bonds. The van der Waals surface area contributed by atoms with Gasteiger partial charge in [-0.25, -0.2) is 0 Å². The summed E-state index contributed by atoms with van der Waals surface area (Å²) in [6.45, 7) is 0. The highest BCUT2D eigenvalue weighted by atomic mass is 35.5. The Kier molecular flexibility index (Phi) is 2.18. The number of nitrogens with two attached hydrogens (primary N) is 1. The summed E-state index contributed by atoms with van der Waals surface area (Å²) in [6.07, 6.45) is 0. The first-order valence-electron chi connectivity index (χ1n) is 2.42. The smallest absolute Gasteiger partial charge is 0.279 e. The van der Waals surface area contributed by atoms with Crippen LogP contribution in [0.15, 0.2) is 0 Å². The van der Waals surface area contributed by atoms with Gasteiger partial charge < -0.3 is 5.73 Å². The standard InChI is InChI=1S/C4H4ClN3OS/c5-1-2-7-8-4(10-2)3(6)9/h1H2,(H2,6,9). The number of rotatable bonds is 2. The third-order valence-corrected chi connectivity index (χ3v) is 2.14. The molecule has 6 heteroatoms.